The maximum atomic E-state index is 4.84. The van der Waals surface area contributed by atoms with E-state index in [0.29, 0.717) is 0 Å². The second-order valence-electron chi connectivity index (χ2n) is 7.15. The molecule has 0 saturated heterocycles. The van der Waals surface area contributed by atoms with Gasteiger partial charge < -0.3 is 0 Å². The zero-order valence-corrected chi connectivity index (χ0v) is 16.8. The van der Waals surface area contributed by atoms with Crippen molar-refractivity contribution in [2.24, 2.45) is 9.98 Å². The lowest BCUT2D eigenvalue weighted by Gasteiger charge is -2.09. The second kappa shape index (κ2) is 16.3. The minimum absolute atomic E-state index is 0.956. The van der Waals surface area contributed by atoms with Crippen LogP contribution in [0.2, 0.25) is 0 Å². The highest BCUT2D eigenvalue weighted by Crippen LogP contribution is 2.11. The first-order valence-electron chi connectivity index (χ1n) is 10.8. The maximum absolute atomic E-state index is 4.84. The van der Waals surface area contributed by atoms with Gasteiger partial charge in [-0.2, -0.15) is 0 Å². The lowest BCUT2D eigenvalue weighted by molar-refractivity contribution is 0.612. The molecule has 0 aromatic rings. The molecule has 1 aliphatic rings. The van der Waals surface area contributed by atoms with Gasteiger partial charge in [-0.05, 0) is 12.8 Å². The Bertz CT molecular complexity index is 429. The molecule has 0 aromatic heterocycles. The molecule has 0 unspecified atom stereocenters. The minimum Gasteiger partial charge on any atom is -0.292 e. The molecule has 0 bridgehead atoms. The van der Waals surface area contributed by atoms with Gasteiger partial charge >= 0.3 is 0 Å². The number of rotatable bonds is 15. The van der Waals surface area contributed by atoms with Gasteiger partial charge in [0.1, 0.15) is 0 Å². The van der Waals surface area contributed by atoms with E-state index in [4.69, 9.17) is 4.99 Å². The number of aliphatic imine (C=N–C) groups is 2. The first-order valence-corrected chi connectivity index (χ1v) is 10.8. The first kappa shape index (κ1) is 21.9. The van der Waals surface area contributed by atoms with Crippen molar-refractivity contribution >= 4 is 11.9 Å². The Balaban J connectivity index is 2.21. The Hall–Kier alpha value is -1.18. The van der Waals surface area contributed by atoms with Crippen LogP contribution in [0.15, 0.2) is 33.8 Å². The Labute approximate surface area is 156 Å². The molecule has 0 aromatic carbocycles. The van der Waals surface area contributed by atoms with Gasteiger partial charge in [0.05, 0.1) is 0 Å². The standard InChI is InChI=1S/C23H40N2/c1-3-5-7-9-11-15-19-24-21-22-17-13-14-18-23(22)25-20-16-12-10-8-6-4-2/h13-14,17,21H,3-12,15-16,18-20H2,1-2H3. The largest absolute Gasteiger partial charge is 0.292 e. The molecule has 0 fully saturated rings. The predicted octanol–water partition coefficient (Wildman–Crippen LogP) is 7.11. The number of hydrogen-bond donors (Lipinski definition) is 0. The summed E-state index contributed by atoms with van der Waals surface area (Å²) >= 11 is 0. The molecule has 0 radical (unpaired) electrons. The summed E-state index contributed by atoms with van der Waals surface area (Å²) in [6.07, 6.45) is 25.5. The number of allylic oxidation sites excluding steroid dienone is 4. The Kier molecular flexibility index (Phi) is 14.3. The normalized spacial score (nSPS) is 16.1. The molecule has 0 N–H and O–H groups in total. The van der Waals surface area contributed by atoms with Crippen LogP contribution in [0.25, 0.3) is 0 Å². The van der Waals surface area contributed by atoms with Crippen LogP contribution in [0.1, 0.15) is 97.3 Å². The number of hydrogen-bond acceptors (Lipinski definition) is 2. The Morgan fingerprint density at radius 1 is 0.800 bits per heavy atom. The van der Waals surface area contributed by atoms with E-state index >= 15 is 0 Å². The zero-order valence-electron chi connectivity index (χ0n) is 16.8. The summed E-state index contributed by atoms with van der Waals surface area (Å²) < 4.78 is 0. The molecular formula is C23H40N2. The SMILES string of the molecule is CCCCCCCCN=CC1=CC=CCC1=NCCCCCCCC. The molecule has 0 atom stereocenters. The zero-order chi connectivity index (χ0) is 18.0. The third kappa shape index (κ3) is 11.9. The molecule has 1 rings (SSSR count). The lowest BCUT2D eigenvalue weighted by Crippen LogP contribution is -2.07. The molecule has 0 heterocycles. The van der Waals surface area contributed by atoms with Crippen LogP contribution in [-0.2, 0) is 0 Å². The van der Waals surface area contributed by atoms with E-state index < -0.39 is 0 Å². The summed E-state index contributed by atoms with van der Waals surface area (Å²) in [5.74, 6) is 0. The van der Waals surface area contributed by atoms with Crippen LogP contribution in [0.4, 0.5) is 0 Å². The number of unbranched alkanes of at least 4 members (excludes halogenated alkanes) is 10. The first-order chi connectivity index (χ1) is 12.4. The third-order valence-corrected chi connectivity index (χ3v) is 4.74. The van der Waals surface area contributed by atoms with Gasteiger partial charge in [-0.25, -0.2) is 0 Å². The maximum Gasteiger partial charge on any atom is 0.0473 e. The predicted molar refractivity (Wildman–Crippen MR) is 114 cm³/mol. The van der Waals surface area contributed by atoms with Crippen LogP contribution in [-0.4, -0.2) is 25.0 Å². The summed E-state index contributed by atoms with van der Waals surface area (Å²) in [7, 11) is 0. The van der Waals surface area contributed by atoms with E-state index in [9.17, 15) is 0 Å². The highest BCUT2D eigenvalue weighted by atomic mass is 14.7. The van der Waals surface area contributed by atoms with Gasteiger partial charge in [-0.3, -0.25) is 9.98 Å². The summed E-state index contributed by atoms with van der Waals surface area (Å²) in [4.78, 5) is 9.47. The van der Waals surface area contributed by atoms with Crippen molar-refractivity contribution in [3.05, 3.63) is 23.8 Å². The number of nitrogens with zero attached hydrogens (tertiary/aromatic N) is 2. The fourth-order valence-corrected chi connectivity index (χ4v) is 3.09. The van der Waals surface area contributed by atoms with Gasteiger partial charge in [0.15, 0.2) is 0 Å². The van der Waals surface area contributed by atoms with Crippen molar-refractivity contribution in [2.75, 3.05) is 13.1 Å². The highest BCUT2D eigenvalue weighted by molar-refractivity contribution is 6.17. The molecule has 1 aliphatic carbocycles. The second-order valence-corrected chi connectivity index (χ2v) is 7.15. The average Bonchev–Trinajstić information content (AvgIpc) is 2.64. The van der Waals surface area contributed by atoms with Crippen LogP contribution in [0.3, 0.4) is 0 Å². The van der Waals surface area contributed by atoms with Crippen molar-refractivity contribution in [2.45, 2.75) is 97.3 Å². The van der Waals surface area contributed by atoms with E-state index in [1.807, 2.05) is 0 Å². The van der Waals surface area contributed by atoms with Gasteiger partial charge in [-0.1, -0.05) is 96.3 Å². The van der Waals surface area contributed by atoms with Crippen LogP contribution in [0, 0.1) is 0 Å². The monoisotopic (exact) mass is 344 g/mol. The van der Waals surface area contributed by atoms with E-state index in [1.54, 1.807) is 0 Å². The summed E-state index contributed by atoms with van der Waals surface area (Å²) in [6.45, 7) is 6.46. The summed E-state index contributed by atoms with van der Waals surface area (Å²) in [5.41, 5.74) is 2.45. The van der Waals surface area contributed by atoms with Gasteiger partial charge in [0.25, 0.3) is 0 Å². The molecule has 2 heteroatoms. The molecule has 25 heavy (non-hydrogen) atoms. The van der Waals surface area contributed by atoms with Crippen LogP contribution >= 0.6 is 0 Å². The summed E-state index contributed by atoms with van der Waals surface area (Å²) in [5, 5.41) is 0. The lowest BCUT2D eigenvalue weighted by atomic mass is 10.0. The van der Waals surface area contributed by atoms with E-state index in [0.717, 1.165) is 19.5 Å². The van der Waals surface area contributed by atoms with Crippen molar-refractivity contribution in [3.63, 3.8) is 0 Å². The molecule has 0 amide bonds. The van der Waals surface area contributed by atoms with Crippen molar-refractivity contribution < 1.29 is 0 Å². The van der Waals surface area contributed by atoms with Crippen molar-refractivity contribution in [1.29, 1.82) is 0 Å². The molecule has 142 valence electrons. The van der Waals surface area contributed by atoms with Gasteiger partial charge in [0, 0.05) is 37.0 Å². The van der Waals surface area contributed by atoms with Crippen LogP contribution in [0.5, 0.6) is 0 Å². The molecule has 2 nitrogen and oxygen atoms in total. The van der Waals surface area contributed by atoms with Gasteiger partial charge in [-0.15, -0.1) is 0 Å². The Morgan fingerprint density at radius 3 is 2.08 bits per heavy atom. The molecule has 0 saturated carbocycles. The van der Waals surface area contributed by atoms with E-state index in [1.165, 1.54) is 88.3 Å². The third-order valence-electron chi connectivity index (χ3n) is 4.74. The Morgan fingerprint density at radius 2 is 1.40 bits per heavy atom. The smallest absolute Gasteiger partial charge is 0.0473 e. The van der Waals surface area contributed by atoms with E-state index in [-0.39, 0.29) is 0 Å². The average molecular weight is 345 g/mol. The van der Waals surface area contributed by atoms with Gasteiger partial charge in [0.2, 0.25) is 0 Å². The summed E-state index contributed by atoms with van der Waals surface area (Å²) in [6, 6.07) is 0. The minimum atomic E-state index is 0.956. The fourth-order valence-electron chi connectivity index (χ4n) is 3.09. The van der Waals surface area contributed by atoms with Crippen molar-refractivity contribution in [3.8, 4) is 0 Å². The molecule has 0 spiro atoms. The fraction of sp³-hybridized carbons (Fsp3) is 0.739. The quantitative estimate of drug-likeness (QED) is 0.223. The topological polar surface area (TPSA) is 24.7 Å². The molecular weight excluding hydrogens is 304 g/mol. The highest BCUT2D eigenvalue weighted by Gasteiger charge is 2.05. The van der Waals surface area contributed by atoms with Crippen LogP contribution < -0.4 is 0 Å². The van der Waals surface area contributed by atoms with E-state index in [2.05, 4.69) is 43.3 Å². The van der Waals surface area contributed by atoms with Crippen molar-refractivity contribution in [1.82, 2.24) is 0 Å². The molecule has 0 aliphatic heterocycles.